The largest absolute Gasteiger partial charge is 0.295 e. The summed E-state index contributed by atoms with van der Waals surface area (Å²) in [6.07, 6.45) is 11.8. The second-order valence-corrected chi connectivity index (χ2v) is 5.48. The van der Waals surface area contributed by atoms with E-state index >= 15 is 0 Å². The average molecular weight is 248 g/mol. The monoisotopic (exact) mass is 248 g/mol. The Balaban J connectivity index is 3.87. The molecule has 0 fully saturated rings. The van der Waals surface area contributed by atoms with E-state index in [2.05, 4.69) is 46.8 Å². The summed E-state index contributed by atoms with van der Waals surface area (Å²) in [5, 5.41) is 0. The minimum atomic E-state index is 0.233. The van der Waals surface area contributed by atoms with Gasteiger partial charge in [-0.2, -0.15) is 0 Å². The number of hydrogen-bond donors (Lipinski definition) is 0. The Morgan fingerprint density at radius 2 is 1.61 bits per heavy atom. The van der Waals surface area contributed by atoms with Crippen molar-refractivity contribution in [3.8, 4) is 0 Å². The molecule has 0 aromatic heterocycles. The van der Waals surface area contributed by atoms with Gasteiger partial charge in [-0.15, -0.1) is 0 Å². The summed E-state index contributed by atoms with van der Waals surface area (Å²) in [6, 6.07) is 0. The molecule has 0 rings (SSSR count). The highest BCUT2D eigenvalue weighted by atomic mass is 16.1. The molecule has 0 radical (unpaired) electrons. The Labute approximate surface area is 113 Å². The predicted octanol–water partition coefficient (Wildman–Crippen LogP) is 5.24. The van der Waals surface area contributed by atoms with Crippen LogP contribution < -0.4 is 0 Å². The van der Waals surface area contributed by atoms with Crippen molar-refractivity contribution in [3.63, 3.8) is 0 Å². The van der Waals surface area contributed by atoms with Crippen molar-refractivity contribution >= 4 is 5.78 Å². The molecule has 0 atom stereocenters. The molecule has 0 N–H and O–H groups in total. The summed E-state index contributed by atoms with van der Waals surface area (Å²) in [7, 11) is 0. The second-order valence-electron chi connectivity index (χ2n) is 5.48. The zero-order valence-electron chi connectivity index (χ0n) is 12.6. The molecule has 18 heavy (non-hydrogen) atoms. The van der Waals surface area contributed by atoms with Gasteiger partial charge < -0.3 is 0 Å². The first-order valence-corrected chi connectivity index (χ1v) is 6.92. The van der Waals surface area contributed by atoms with Crippen LogP contribution in [0.5, 0.6) is 0 Å². The van der Waals surface area contributed by atoms with Gasteiger partial charge in [0.25, 0.3) is 0 Å². The van der Waals surface area contributed by atoms with Crippen LogP contribution in [0.4, 0.5) is 0 Å². The van der Waals surface area contributed by atoms with Crippen LogP contribution in [-0.2, 0) is 4.79 Å². The molecule has 0 aliphatic carbocycles. The molecule has 0 saturated carbocycles. The smallest absolute Gasteiger partial charge is 0.155 e. The van der Waals surface area contributed by atoms with E-state index in [1.807, 2.05) is 6.08 Å². The highest BCUT2D eigenvalue weighted by Crippen LogP contribution is 2.09. The van der Waals surface area contributed by atoms with Gasteiger partial charge in [-0.05, 0) is 52.0 Å². The van der Waals surface area contributed by atoms with Crippen LogP contribution in [0.15, 0.2) is 35.5 Å². The lowest BCUT2D eigenvalue weighted by Crippen LogP contribution is -1.92. The van der Waals surface area contributed by atoms with Crippen LogP contribution in [-0.4, -0.2) is 5.78 Å². The Hall–Kier alpha value is -1.11. The van der Waals surface area contributed by atoms with Gasteiger partial charge in [0.15, 0.2) is 5.78 Å². The third-order valence-corrected chi connectivity index (χ3v) is 2.64. The summed E-state index contributed by atoms with van der Waals surface area (Å²) >= 11 is 0. The summed E-state index contributed by atoms with van der Waals surface area (Å²) in [5.74, 6) is 0.687. The maximum absolute atomic E-state index is 11.5. The van der Waals surface area contributed by atoms with Crippen molar-refractivity contribution in [2.45, 2.75) is 60.3 Å². The zero-order chi connectivity index (χ0) is 14.0. The van der Waals surface area contributed by atoms with Crippen LogP contribution in [0.1, 0.15) is 60.3 Å². The third kappa shape index (κ3) is 11.4. The molecule has 0 heterocycles. The molecule has 0 spiro atoms. The molecule has 0 aromatic carbocycles. The van der Waals surface area contributed by atoms with E-state index in [0.717, 1.165) is 19.3 Å². The zero-order valence-corrected chi connectivity index (χ0v) is 12.6. The fraction of sp³-hybridized carbons (Fsp3) is 0.588. The highest BCUT2D eigenvalue weighted by molar-refractivity contribution is 5.89. The van der Waals surface area contributed by atoms with Crippen molar-refractivity contribution in [2.24, 2.45) is 5.92 Å². The maximum atomic E-state index is 11.5. The number of rotatable bonds is 8. The number of carbonyl (C=O) groups is 1. The maximum Gasteiger partial charge on any atom is 0.155 e. The first kappa shape index (κ1) is 16.9. The third-order valence-electron chi connectivity index (χ3n) is 2.64. The predicted molar refractivity (Wildman–Crippen MR) is 80.6 cm³/mol. The standard InChI is InChI=1S/C17H28O/c1-14(2)8-6-9-16(5)10-7-11-17(18)13-12-15(3)4/h8,10,12-13,15H,6-7,9,11H2,1-5H3/b13-12-,16-10?. The molecule has 102 valence electrons. The summed E-state index contributed by atoms with van der Waals surface area (Å²) in [4.78, 5) is 11.5. The molecule has 0 aliphatic rings. The SMILES string of the molecule is CC(C)=CCCC(C)=CCCC(=O)/C=C\C(C)C. The molecule has 0 unspecified atom stereocenters. The average Bonchev–Trinajstić information content (AvgIpc) is 2.25. The molecule has 0 amide bonds. The fourth-order valence-electron chi connectivity index (χ4n) is 1.53. The minimum Gasteiger partial charge on any atom is -0.295 e. The Kier molecular flexibility index (Phi) is 9.26. The van der Waals surface area contributed by atoms with Gasteiger partial charge in [0.1, 0.15) is 0 Å². The van der Waals surface area contributed by atoms with Gasteiger partial charge in [-0.3, -0.25) is 4.79 Å². The summed E-state index contributed by atoms with van der Waals surface area (Å²) in [5.41, 5.74) is 2.75. The van der Waals surface area contributed by atoms with Crippen molar-refractivity contribution < 1.29 is 4.79 Å². The molecule has 1 heteroatoms. The van der Waals surface area contributed by atoms with E-state index in [-0.39, 0.29) is 5.78 Å². The van der Waals surface area contributed by atoms with Gasteiger partial charge in [0.05, 0.1) is 0 Å². The number of hydrogen-bond acceptors (Lipinski definition) is 1. The number of carbonyl (C=O) groups excluding carboxylic acids is 1. The minimum absolute atomic E-state index is 0.233. The lowest BCUT2D eigenvalue weighted by atomic mass is 10.1. The normalized spacial score (nSPS) is 12.2. The van der Waals surface area contributed by atoms with Crippen molar-refractivity contribution in [1.29, 1.82) is 0 Å². The van der Waals surface area contributed by atoms with Crippen LogP contribution in [0.25, 0.3) is 0 Å². The Morgan fingerprint density at radius 1 is 1.00 bits per heavy atom. The lowest BCUT2D eigenvalue weighted by molar-refractivity contribution is -0.114. The van der Waals surface area contributed by atoms with E-state index in [1.165, 1.54) is 11.1 Å². The summed E-state index contributed by atoms with van der Waals surface area (Å²) < 4.78 is 0. The topological polar surface area (TPSA) is 17.1 Å². The molecular formula is C17H28O. The van der Waals surface area contributed by atoms with E-state index in [0.29, 0.717) is 12.3 Å². The highest BCUT2D eigenvalue weighted by Gasteiger charge is 1.96. The van der Waals surface area contributed by atoms with Crippen LogP contribution in [0.2, 0.25) is 0 Å². The van der Waals surface area contributed by atoms with Gasteiger partial charge in [0.2, 0.25) is 0 Å². The Morgan fingerprint density at radius 3 is 2.17 bits per heavy atom. The van der Waals surface area contributed by atoms with Crippen LogP contribution in [0, 0.1) is 5.92 Å². The van der Waals surface area contributed by atoms with Crippen LogP contribution in [0.3, 0.4) is 0 Å². The van der Waals surface area contributed by atoms with E-state index in [4.69, 9.17) is 0 Å². The molecule has 0 aromatic rings. The van der Waals surface area contributed by atoms with Gasteiger partial charge in [-0.25, -0.2) is 0 Å². The van der Waals surface area contributed by atoms with Crippen molar-refractivity contribution in [3.05, 3.63) is 35.5 Å². The molecule has 0 bridgehead atoms. The molecular weight excluding hydrogens is 220 g/mol. The van der Waals surface area contributed by atoms with Crippen molar-refractivity contribution in [1.82, 2.24) is 0 Å². The Bertz CT molecular complexity index is 326. The number of allylic oxidation sites excluding steroid dienone is 6. The van der Waals surface area contributed by atoms with Crippen molar-refractivity contribution in [2.75, 3.05) is 0 Å². The first-order valence-electron chi connectivity index (χ1n) is 6.92. The van der Waals surface area contributed by atoms with Gasteiger partial charge in [0, 0.05) is 6.42 Å². The molecule has 0 aliphatic heterocycles. The van der Waals surface area contributed by atoms with Crippen LogP contribution >= 0.6 is 0 Å². The quantitative estimate of drug-likeness (QED) is 0.424. The fourth-order valence-corrected chi connectivity index (χ4v) is 1.53. The molecule has 1 nitrogen and oxygen atoms in total. The summed E-state index contributed by atoms with van der Waals surface area (Å²) in [6.45, 7) is 10.6. The first-order chi connectivity index (χ1) is 8.41. The lowest BCUT2D eigenvalue weighted by Gasteiger charge is -1.99. The van der Waals surface area contributed by atoms with E-state index in [1.54, 1.807) is 6.08 Å². The second kappa shape index (κ2) is 9.87. The molecule has 0 saturated heterocycles. The van der Waals surface area contributed by atoms with E-state index < -0.39 is 0 Å². The van der Waals surface area contributed by atoms with Gasteiger partial charge >= 0.3 is 0 Å². The van der Waals surface area contributed by atoms with E-state index in [9.17, 15) is 4.79 Å². The van der Waals surface area contributed by atoms with Gasteiger partial charge in [-0.1, -0.05) is 43.2 Å². The number of ketones is 1.